The third-order valence-electron chi connectivity index (χ3n) is 4.37. The number of fused-ring (bicyclic) bond motifs is 2. The molecule has 1 aliphatic rings. The van der Waals surface area contributed by atoms with Gasteiger partial charge in [0.05, 0.1) is 12.1 Å². The Hall–Kier alpha value is -3.12. The van der Waals surface area contributed by atoms with Crippen LogP contribution in [0.4, 0.5) is 10.5 Å². The minimum Gasteiger partial charge on any atom is -0.423 e. The lowest BCUT2D eigenvalue weighted by Crippen LogP contribution is -2.36. The molecule has 0 radical (unpaired) electrons. The van der Waals surface area contributed by atoms with Gasteiger partial charge in [-0.15, -0.1) is 0 Å². The number of carbonyl (C=O) groups is 1. The number of hydrogen-bond donors (Lipinski definition) is 3. The number of urea groups is 1. The van der Waals surface area contributed by atoms with E-state index in [2.05, 4.69) is 10.6 Å². The van der Waals surface area contributed by atoms with E-state index >= 15 is 0 Å². The van der Waals surface area contributed by atoms with Crippen LogP contribution in [0.1, 0.15) is 17.2 Å². The Morgan fingerprint density at radius 3 is 2.84 bits per heavy atom. The van der Waals surface area contributed by atoms with Crippen molar-refractivity contribution in [2.75, 3.05) is 5.32 Å². The first kappa shape index (κ1) is 15.4. The van der Waals surface area contributed by atoms with Crippen LogP contribution in [0.25, 0.3) is 11.0 Å². The zero-order chi connectivity index (χ0) is 17.4. The van der Waals surface area contributed by atoms with Gasteiger partial charge in [-0.1, -0.05) is 24.3 Å². The van der Waals surface area contributed by atoms with Crippen LogP contribution >= 0.6 is 0 Å². The molecule has 0 aliphatic heterocycles. The third kappa shape index (κ3) is 2.99. The number of aliphatic hydroxyl groups excluding tert-OH is 1. The van der Waals surface area contributed by atoms with Gasteiger partial charge in [-0.05, 0) is 35.4 Å². The van der Waals surface area contributed by atoms with Crippen LogP contribution in [-0.2, 0) is 6.42 Å². The lowest BCUT2D eigenvalue weighted by molar-refractivity contribution is 0.144. The molecule has 1 aromatic heterocycles. The molecule has 1 heterocycles. The SMILES string of the molecule is O=C(Nc1ccc2oc(=O)ccc2c1)N[C@H]1c2ccccc2C[C@@H]1O. The van der Waals surface area contributed by atoms with Crippen LogP contribution < -0.4 is 16.3 Å². The van der Waals surface area contributed by atoms with Crippen LogP contribution in [0.2, 0.25) is 0 Å². The molecule has 4 rings (SSSR count). The van der Waals surface area contributed by atoms with Gasteiger partial charge in [0.15, 0.2) is 0 Å². The number of benzene rings is 2. The van der Waals surface area contributed by atoms with E-state index in [1.165, 1.54) is 6.07 Å². The summed E-state index contributed by atoms with van der Waals surface area (Å²) in [5, 5.41) is 16.5. The maximum absolute atomic E-state index is 12.3. The number of hydrogen-bond acceptors (Lipinski definition) is 4. The first-order valence-corrected chi connectivity index (χ1v) is 7.97. The van der Waals surface area contributed by atoms with Gasteiger partial charge in [-0.2, -0.15) is 0 Å². The summed E-state index contributed by atoms with van der Waals surface area (Å²) in [5.41, 5.74) is 2.59. The maximum Gasteiger partial charge on any atom is 0.336 e. The summed E-state index contributed by atoms with van der Waals surface area (Å²) in [4.78, 5) is 23.5. The highest BCUT2D eigenvalue weighted by Crippen LogP contribution is 2.31. The molecule has 0 saturated heterocycles. The fourth-order valence-electron chi connectivity index (χ4n) is 3.21. The van der Waals surface area contributed by atoms with Crippen molar-refractivity contribution in [3.63, 3.8) is 0 Å². The number of aliphatic hydroxyl groups is 1. The molecule has 0 fully saturated rings. The van der Waals surface area contributed by atoms with Crippen molar-refractivity contribution in [3.05, 3.63) is 76.1 Å². The fraction of sp³-hybridized carbons (Fsp3) is 0.158. The maximum atomic E-state index is 12.3. The average Bonchev–Trinajstić information content (AvgIpc) is 2.91. The van der Waals surface area contributed by atoms with Crippen molar-refractivity contribution in [2.24, 2.45) is 0 Å². The quantitative estimate of drug-likeness (QED) is 0.627. The van der Waals surface area contributed by atoms with E-state index in [9.17, 15) is 14.7 Å². The molecular formula is C19H16N2O4. The second-order valence-electron chi connectivity index (χ2n) is 6.05. The van der Waals surface area contributed by atoms with E-state index in [0.29, 0.717) is 23.1 Å². The van der Waals surface area contributed by atoms with E-state index < -0.39 is 23.8 Å². The lowest BCUT2D eigenvalue weighted by Gasteiger charge is -2.18. The van der Waals surface area contributed by atoms with Crippen LogP contribution in [-0.4, -0.2) is 17.2 Å². The van der Waals surface area contributed by atoms with Gasteiger partial charge in [0.25, 0.3) is 0 Å². The van der Waals surface area contributed by atoms with Crippen molar-refractivity contribution in [1.29, 1.82) is 0 Å². The summed E-state index contributed by atoms with van der Waals surface area (Å²) < 4.78 is 5.07. The normalized spacial score (nSPS) is 18.8. The van der Waals surface area contributed by atoms with Gasteiger partial charge < -0.3 is 20.2 Å². The van der Waals surface area contributed by atoms with E-state index in [4.69, 9.17) is 4.42 Å². The summed E-state index contributed by atoms with van der Waals surface area (Å²) in [7, 11) is 0. The summed E-state index contributed by atoms with van der Waals surface area (Å²) in [6.45, 7) is 0. The number of carbonyl (C=O) groups excluding carboxylic acids is 1. The Kier molecular flexibility index (Phi) is 3.74. The lowest BCUT2D eigenvalue weighted by atomic mass is 10.1. The van der Waals surface area contributed by atoms with E-state index in [-0.39, 0.29) is 0 Å². The van der Waals surface area contributed by atoms with Gasteiger partial charge in [-0.3, -0.25) is 0 Å². The van der Waals surface area contributed by atoms with E-state index in [0.717, 1.165) is 11.1 Å². The zero-order valence-corrected chi connectivity index (χ0v) is 13.2. The number of anilines is 1. The van der Waals surface area contributed by atoms with Crippen LogP contribution in [0.3, 0.4) is 0 Å². The van der Waals surface area contributed by atoms with Gasteiger partial charge in [-0.25, -0.2) is 9.59 Å². The Labute approximate surface area is 143 Å². The molecule has 1 aliphatic carbocycles. The molecule has 0 saturated carbocycles. The van der Waals surface area contributed by atoms with Gasteiger partial charge in [0, 0.05) is 23.6 Å². The molecule has 2 aromatic carbocycles. The summed E-state index contributed by atoms with van der Waals surface area (Å²) in [5.74, 6) is 0. The average molecular weight is 336 g/mol. The van der Waals surface area contributed by atoms with Crippen molar-refractivity contribution in [3.8, 4) is 0 Å². The molecule has 6 heteroatoms. The monoisotopic (exact) mass is 336 g/mol. The van der Waals surface area contributed by atoms with Crippen LogP contribution in [0.15, 0.2) is 63.8 Å². The molecular weight excluding hydrogens is 320 g/mol. The Balaban J connectivity index is 1.51. The number of amides is 2. The Bertz CT molecular complexity index is 1010. The summed E-state index contributed by atoms with van der Waals surface area (Å²) in [6, 6.07) is 14.8. The molecule has 0 spiro atoms. The van der Waals surface area contributed by atoms with Crippen molar-refractivity contribution < 1.29 is 14.3 Å². The third-order valence-corrected chi connectivity index (χ3v) is 4.37. The smallest absolute Gasteiger partial charge is 0.336 e. The first-order chi connectivity index (χ1) is 12.1. The van der Waals surface area contributed by atoms with Crippen LogP contribution in [0, 0.1) is 0 Å². The fourth-order valence-corrected chi connectivity index (χ4v) is 3.21. The van der Waals surface area contributed by atoms with Crippen LogP contribution in [0.5, 0.6) is 0 Å². The van der Waals surface area contributed by atoms with Gasteiger partial charge in [0.1, 0.15) is 5.58 Å². The van der Waals surface area contributed by atoms with E-state index in [1.807, 2.05) is 24.3 Å². The predicted molar refractivity (Wildman–Crippen MR) is 93.5 cm³/mol. The standard InChI is InChI=1S/C19H16N2O4/c22-15-10-11-3-1-2-4-14(11)18(15)21-19(24)20-13-6-7-16-12(9-13)5-8-17(23)25-16/h1-9,15,18,22H,10H2,(H2,20,21,24)/t15-,18-/m0/s1. The highest BCUT2D eigenvalue weighted by molar-refractivity contribution is 5.92. The molecule has 3 aromatic rings. The Morgan fingerprint density at radius 2 is 1.96 bits per heavy atom. The molecule has 6 nitrogen and oxygen atoms in total. The number of nitrogens with one attached hydrogen (secondary N) is 2. The Morgan fingerprint density at radius 1 is 1.12 bits per heavy atom. The minimum atomic E-state index is -0.644. The van der Waals surface area contributed by atoms with Crippen molar-refractivity contribution in [1.82, 2.24) is 5.32 Å². The molecule has 0 bridgehead atoms. The highest BCUT2D eigenvalue weighted by Gasteiger charge is 2.31. The van der Waals surface area contributed by atoms with E-state index in [1.54, 1.807) is 24.3 Å². The minimum absolute atomic E-state index is 0.405. The number of rotatable bonds is 2. The van der Waals surface area contributed by atoms with Gasteiger partial charge >= 0.3 is 11.7 Å². The second-order valence-corrected chi connectivity index (χ2v) is 6.05. The van der Waals surface area contributed by atoms with Crippen molar-refractivity contribution >= 4 is 22.7 Å². The second kappa shape index (κ2) is 6.07. The summed E-state index contributed by atoms with van der Waals surface area (Å²) >= 11 is 0. The highest BCUT2D eigenvalue weighted by atomic mass is 16.4. The molecule has 0 unspecified atom stereocenters. The topological polar surface area (TPSA) is 91.6 Å². The largest absolute Gasteiger partial charge is 0.423 e. The predicted octanol–water partition coefficient (Wildman–Crippen LogP) is 2.57. The first-order valence-electron chi connectivity index (χ1n) is 7.97. The zero-order valence-electron chi connectivity index (χ0n) is 13.2. The molecule has 2 amide bonds. The van der Waals surface area contributed by atoms with Gasteiger partial charge in [0.2, 0.25) is 0 Å². The molecule has 126 valence electrons. The molecule has 3 N–H and O–H groups in total. The van der Waals surface area contributed by atoms with Crippen molar-refractivity contribution in [2.45, 2.75) is 18.6 Å². The molecule has 25 heavy (non-hydrogen) atoms. The molecule has 2 atom stereocenters. The summed E-state index contributed by atoms with van der Waals surface area (Å²) in [6.07, 6.45) is -0.120.